The van der Waals surface area contributed by atoms with Crippen LogP contribution in [-0.4, -0.2) is 22.6 Å². The van der Waals surface area contributed by atoms with Gasteiger partial charge in [-0.1, -0.05) is 12.5 Å². The second kappa shape index (κ2) is 8.26. The Morgan fingerprint density at radius 2 is 2.03 bits per heavy atom. The van der Waals surface area contributed by atoms with Gasteiger partial charge in [-0.15, -0.1) is 0 Å². The van der Waals surface area contributed by atoms with E-state index in [0.29, 0.717) is 28.6 Å². The molecule has 7 heteroatoms. The first-order valence-corrected chi connectivity index (χ1v) is 10.2. The summed E-state index contributed by atoms with van der Waals surface area (Å²) in [6, 6.07) is 9.14. The minimum absolute atomic E-state index is 0.0501. The van der Waals surface area contributed by atoms with Gasteiger partial charge in [0.05, 0.1) is 24.1 Å². The molecule has 4 rings (SSSR count). The highest BCUT2D eigenvalue weighted by atomic mass is 19.1. The number of benzene rings is 2. The van der Waals surface area contributed by atoms with E-state index < -0.39 is 11.9 Å². The number of aromatic nitrogens is 2. The van der Waals surface area contributed by atoms with Crippen molar-refractivity contribution in [1.29, 1.82) is 0 Å². The van der Waals surface area contributed by atoms with Gasteiger partial charge in [0.15, 0.2) is 11.6 Å². The molecule has 1 aliphatic rings. The lowest BCUT2D eigenvalue weighted by Gasteiger charge is -2.16. The second-order valence-electron chi connectivity index (χ2n) is 7.62. The number of halogens is 1. The van der Waals surface area contributed by atoms with E-state index in [1.165, 1.54) is 19.2 Å². The maximum Gasteiger partial charge on any atom is 0.261 e. The predicted octanol–water partition coefficient (Wildman–Crippen LogP) is 3.76. The molecule has 0 bridgehead atoms. The summed E-state index contributed by atoms with van der Waals surface area (Å²) in [5.41, 5.74) is 1.52. The lowest BCUT2D eigenvalue weighted by molar-refractivity contribution is 0.0940. The summed E-state index contributed by atoms with van der Waals surface area (Å²) >= 11 is 0. The number of aryl methyl sites for hydroxylation is 1. The second-order valence-corrected chi connectivity index (χ2v) is 7.62. The van der Waals surface area contributed by atoms with Gasteiger partial charge in [0, 0.05) is 18.5 Å². The smallest absolute Gasteiger partial charge is 0.261 e. The third kappa shape index (κ3) is 3.79. The van der Waals surface area contributed by atoms with Gasteiger partial charge >= 0.3 is 0 Å². The van der Waals surface area contributed by atoms with Crippen LogP contribution in [0.1, 0.15) is 54.0 Å². The summed E-state index contributed by atoms with van der Waals surface area (Å²) in [6.07, 6.45) is 3.83. The van der Waals surface area contributed by atoms with Crippen molar-refractivity contribution >= 4 is 16.8 Å². The molecule has 1 N–H and O–H groups in total. The van der Waals surface area contributed by atoms with Crippen LogP contribution in [0.25, 0.3) is 10.9 Å². The number of carbonyl (C=O) groups is 1. The number of carbonyl (C=O) groups excluding carboxylic acids is 1. The van der Waals surface area contributed by atoms with E-state index in [4.69, 9.17) is 4.74 Å². The van der Waals surface area contributed by atoms with Crippen molar-refractivity contribution in [2.24, 2.45) is 0 Å². The Morgan fingerprint density at radius 1 is 1.20 bits per heavy atom. The molecule has 1 atom stereocenters. The number of nitrogens with one attached hydrogen (secondary N) is 1. The number of hydrogen-bond donors (Lipinski definition) is 1. The molecule has 6 nitrogen and oxygen atoms in total. The molecule has 3 aromatic rings. The zero-order valence-electron chi connectivity index (χ0n) is 17.1. The Morgan fingerprint density at radius 3 is 2.80 bits per heavy atom. The Balaban J connectivity index is 1.60. The van der Waals surface area contributed by atoms with Crippen LogP contribution in [0.3, 0.4) is 0 Å². The van der Waals surface area contributed by atoms with Crippen molar-refractivity contribution in [3.8, 4) is 5.75 Å². The van der Waals surface area contributed by atoms with E-state index in [9.17, 15) is 14.0 Å². The molecule has 0 unspecified atom stereocenters. The Kier molecular flexibility index (Phi) is 5.53. The lowest BCUT2D eigenvalue weighted by Crippen LogP contribution is -2.27. The molecule has 1 aliphatic heterocycles. The molecule has 0 saturated heterocycles. The molecule has 0 radical (unpaired) electrons. The van der Waals surface area contributed by atoms with Crippen LogP contribution in [0.15, 0.2) is 41.2 Å². The van der Waals surface area contributed by atoms with Gasteiger partial charge in [0.1, 0.15) is 5.82 Å². The van der Waals surface area contributed by atoms with Crippen molar-refractivity contribution in [2.45, 2.75) is 45.2 Å². The van der Waals surface area contributed by atoms with Gasteiger partial charge in [-0.3, -0.25) is 14.2 Å². The highest BCUT2D eigenvalue weighted by Crippen LogP contribution is 2.22. The van der Waals surface area contributed by atoms with Gasteiger partial charge in [-0.2, -0.15) is 0 Å². The summed E-state index contributed by atoms with van der Waals surface area (Å²) in [6.45, 7) is 2.47. The number of methoxy groups -OCH3 is 1. The van der Waals surface area contributed by atoms with Gasteiger partial charge in [0.25, 0.3) is 11.5 Å². The largest absolute Gasteiger partial charge is 0.494 e. The van der Waals surface area contributed by atoms with Crippen LogP contribution in [0.2, 0.25) is 0 Å². The first kappa shape index (κ1) is 20.1. The van der Waals surface area contributed by atoms with Crippen LogP contribution in [-0.2, 0) is 13.0 Å². The van der Waals surface area contributed by atoms with E-state index in [2.05, 4.69) is 10.3 Å². The summed E-state index contributed by atoms with van der Waals surface area (Å²) in [5, 5.41) is 3.39. The average molecular weight is 409 g/mol. The van der Waals surface area contributed by atoms with Crippen LogP contribution in [0.4, 0.5) is 4.39 Å². The molecule has 30 heavy (non-hydrogen) atoms. The maximum absolute atomic E-state index is 14.0. The quantitative estimate of drug-likeness (QED) is 0.712. The maximum atomic E-state index is 14.0. The topological polar surface area (TPSA) is 73.2 Å². The normalized spacial score (nSPS) is 14.6. The monoisotopic (exact) mass is 409 g/mol. The molecular formula is C23H24FN3O3. The summed E-state index contributed by atoms with van der Waals surface area (Å²) < 4.78 is 20.7. The SMILES string of the molecule is COc1ccc([C@H](C)NC(=O)c2ccc3c(=O)n4c(nc3c2)CCCCC4)cc1F. The lowest BCUT2D eigenvalue weighted by atomic mass is 10.1. The number of fused-ring (bicyclic) bond motifs is 2. The molecule has 0 spiro atoms. The summed E-state index contributed by atoms with van der Waals surface area (Å²) in [5.74, 6) is 0.151. The predicted molar refractivity (Wildman–Crippen MR) is 112 cm³/mol. The fourth-order valence-electron chi connectivity index (χ4n) is 3.87. The number of ether oxygens (including phenoxy) is 1. The van der Waals surface area contributed by atoms with E-state index in [0.717, 1.165) is 31.5 Å². The van der Waals surface area contributed by atoms with Gasteiger partial charge in [0.2, 0.25) is 0 Å². The van der Waals surface area contributed by atoms with Crippen LogP contribution >= 0.6 is 0 Å². The van der Waals surface area contributed by atoms with Gasteiger partial charge < -0.3 is 10.1 Å². The highest BCUT2D eigenvalue weighted by Gasteiger charge is 2.17. The Hall–Kier alpha value is -3.22. The molecule has 156 valence electrons. The van der Waals surface area contributed by atoms with Crippen LogP contribution in [0, 0.1) is 5.82 Å². The van der Waals surface area contributed by atoms with E-state index in [1.54, 1.807) is 35.8 Å². The van der Waals surface area contributed by atoms with Crippen molar-refractivity contribution in [1.82, 2.24) is 14.9 Å². The van der Waals surface area contributed by atoms with Crippen LogP contribution in [0.5, 0.6) is 5.75 Å². The molecule has 0 fully saturated rings. The molecule has 2 heterocycles. The van der Waals surface area contributed by atoms with Crippen molar-refractivity contribution in [3.63, 3.8) is 0 Å². The summed E-state index contributed by atoms with van der Waals surface area (Å²) in [7, 11) is 1.40. The molecule has 0 saturated carbocycles. The zero-order chi connectivity index (χ0) is 21.3. The van der Waals surface area contributed by atoms with Crippen molar-refractivity contribution in [2.75, 3.05) is 7.11 Å². The number of rotatable bonds is 4. The minimum Gasteiger partial charge on any atom is -0.494 e. The zero-order valence-corrected chi connectivity index (χ0v) is 17.1. The molecule has 1 aromatic heterocycles. The molecule has 2 aromatic carbocycles. The third-order valence-electron chi connectivity index (χ3n) is 5.60. The number of amides is 1. The number of hydrogen-bond acceptors (Lipinski definition) is 4. The average Bonchev–Trinajstić information content (AvgIpc) is 2.99. The Labute approximate surface area is 173 Å². The fraction of sp³-hybridized carbons (Fsp3) is 0.348. The minimum atomic E-state index is -0.479. The third-order valence-corrected chi connectivity index (χ3v) is 5.60. The summed E-state index contributed by atoms with van der Waals surface area (Å²) in [4.78, 5) is 30.3. The molecule has 0 aliphatic carbocycles. The first-order valence-electron chi connectivity index (χ1n) is 10.2. The van der Waals surface area contributed by atoms with Gasteiger partial charge in [-0.25, -0.2) is 9.37 Å². The standard InChI is InChI=1S/C23H24FN3O3/c1-14(15-8-10-20(30-2)18(24)12-15)25-22(28)16-7-9-17-19(13-16)26-21-6-4-3-5-11-27(21)23(17)29/h7-10,12-14H,3-6,11H2,1-2H3,(H,25,28)/t14-/m0/s1. The number of nitrogens with zero attached hydrogens (tertiary/aromatic N) is 2. The Bertz CT molecular complexity index is 1170. The van der Waals surface area contributed by atoms with E-state index in [1.807, 2.05) is 0 Å². The van der Waals surface area contributed by atoms with Gasteiger partial charge in [-0.05, 0) is 55.7 Å². The first-order chi connectivity index (χ1) is 14.5. The highest BCUT2D eigenvalue weighted by molar-refractivity contribution is 5.97. The fourth-order valence-corrected chi connectivity index (χ4v) is 3.87. The van der Waals surface area contributed by atoms with Crippen molar-refractivity contribution in [3.05, 3.63) is 69.5 Å². The van der Waals surface area contributed by atoms with Crippen molar-refractivity contribution < 1.29 is 13.9 Å². The van der Waals surface area contributed by atoms with E-state index in [-0.39, 0.29) is 17.2 Å². The van der Waals surface area contributed by atoms with Crippen LogP contribution < -0.4 is 15.6 Å². The van der Waals surface area contributed by atoms with E-state index >= 15 is 0 Å². The molecular weight excluding hydrogens is 385 g/mol. The molecule has 1 amide bonds.